The summed E-state index contributed by atoms with van der Waals surface area (Å²) in [4.78, 5) is 0. The zero-order chi connectivity index (χ0) is 30.2. The van der Waals surface area contributed by atoms with Crippen molar-refractivity contribution in [3.8, 4) is 33.8 Å². The van der Waals surface area contributed by atoms with E-state index in [9.17, 15) is 0 Å². The van der Waals surface area contributed by atoms with E-state index in [2.05, 4.69) is 166 Å². The predicted octanol–water partition coefficient (Wildman–Crippen LogP) is 11.3. The van der Waals surface area contributed by atoms with Crippen molar-refractivity contribution in [3.05, 3.63) is 191 Å². The van der Waals surface area contributed by atoms with E-state index in [4.69, 9.17) is 4.74 Å². The van der Waals surface area contributed by atoms with E-state index in [1.165, 1.54) is 66.4 Å². The standard InChI is InChI=1S/C44H32O/c1-43(2)38-20-10-11-21-39(38)45-40-22-12-18-34(42(40)43)30-23-26-32(27-24-30)44(31-14-4-3-5-15-31)37-19-9-8-17-35(37)36-28-25-29-13-6-7-16-33(29)41(36)44/h3-28H,1-2H3. The lowest BCUT2D eigenvalue weighted by molar-refractivity contribution is 0.419. The van der Waals surface area contributed by atoms with Gasteiger partial charge >= 0.3 is 0 Å². The summed E-state index contributed by atoms with van der Waals surface area (Å²) in [5, 5.41) is 2.56. The van der Waals surface area contributed by atoms with Crippen LogP contribution in [0.5, 0.6) is 11.5 Å². The smallest absolute Gasteiger partial charge is 0.132 e. The van der Waals surface area contributed by atoms with Crippen molar-refractivity contribution >= 4 is 10.8 Å². The van der Waals surface area contributed by atoms with Crippen molar-refractivity contribution < 1.29 is 4.74 Å². The van der Waals surface area contributed by atoms with Gasteiger partial charge in [0, 0.05) is 16.5 Å². The summed E-state index contributed by atoms with van der Waals surface area (Å²) in [6.07, 6.45) is 0. The topological polar surface area (TPSA) is 9.23 Å². The molecule has 0 fully saturated rings. The molecular weight excluding hydrogens is 544 g/mol. The first-order valence-electron chi connectivity index (χ1n) is 15.8. The molecule has 1 aliphatic heterocycles. The summed E-state index contributed by atoms with van der Waals surface area (Å²) in [7, 11) is 0. The Bertz CT molecular complexity index is 2260. The van der Waals surface area contributed by atoms with Crippen LogP contribution < -0.4 is 4.74 Å². The van der Waals surface area contributed by atoms with E-state index in [1.54, 1.807) is 0 Å². The fraction of sp³-hybridized carbons (Fsp3) is 0.0909. The minimum absolute atomic E-state index is 0.201. The van der Waals surface area contributed by atoms with Gasteiger partial charge in [0.2, 0.25) is 0 Å². The molecule has 9 rings (SSSR count). The minimum atomic E-state index is -0.454. The molecule has 1 nitrogen and oxygen atoms in total. The number of fused-ring (bicyclic) bond motifs is 7. The van der Waals surface area contributed by atoms with Crippen molar-refractivity contribution in [3.63, 3.8) is 0 Å². The highest BCUT2D eigenvalue weighted by Gasteiger charge is 2.47. The SMILES string of the molecule is CC1(C)c2ccccc2Oc2cccc(-c3ccc(C4(c5ccccc5)c5ccccc5-c5ccc6ccccc6c54)cc3)c21. The molecule has 7 aromatic rings. The molecule has 0 amide bonds. The van der Waals surface area contributed by atoms with Crippen LogP contribution in [-0.4, -0.2) is 0 Å². The fourth-order valence-corrected chi connectivity index (χ4v) is 8.26. The maximum Gasteiger partial charge on any atom is 0.132 e. The maximum absolute atomic E-state index is 6.47. The van der Waals surface area contributed by atoms with Gasteiger partial charge in [-0.1, -0.05) is 159 Å². The molecule has 0 saturated carbocycles. The number of ether oxygens (including phenoxy) is 1. The zero-order valence-corrected chi connectivity index (χ0v) is 25.4. The predicted molar refractivity (Wildman–Crippen MR) is 185 cm³/mol. The molecule has 0 radical (unpaired) electrons. The van der Waals surface area contributed by atoms with Crippen LogP contribution in [-0.2, 0) is 10.8 Å². The van der Waals surface area contributed by atoms with Crippen molar-refractivity contribution in [1.82, 2.24) is 0 Å². The molecule has 1 unspecified atom stereocenters. The Morgan fingerprint density at radius 1 is 0.422 bits per heavy atom. The van der Waals surface area contributed by atoms with Crippen LogP contribution >= 0.6 is 0 Å². The third kappa shape index (κ3) is 3.56. The van der Waals surface area contributed by atoms with Crippen molar-refractivity contribution in [1.29, 1.82) is 0 Å². The average Bonchev–Trinajstić information content (AvgIpc) is 3.40. The van der Waals surface area contributed by atoms with Crippen LogP contribution in [0.1, 0.15) is 47.2 Å². The first-order valence-corrected chi connectivity index (χ1v) is 15.8. The molecule has 0 N–H and O–H groups in total. The van der Waals surface area contributed by atoms with Gasteiger partial charge in [-0.2, -0.15) is 0 Å². The van der Waals surface area contributed by atoms with Crippen LogP contribution in [0, 0.1) is 0 Å². The number of rotatable bonds is 3. The first-order chi connectivity index (χ1) is 22.1. The average molecular weight is 577 g/mol. The van der Waals surface area contributed by atoms with Gasteiger partial charge in [0.05, 0.1) is 5.41 Å². The van der Waals surface area contributed by atoms with Crippen molar-refractivity contribution in [2.45, 2.75) is 24.7 Å². The lowest BCUT2D eigenvalue weighted by Crippen LogP contribution is -2.29. The molecule has 1 aliphatic carbocycles. The number of hydrogen-bond acceptors (Lipinski definition) is 1. The Morgan fingerprint density at radius 3 is 1.91 bits per heavy atom. The van der Waals surface area contributed by atoms with E-state index >= 15 is 0 Å². The molecule has 1 heteroatoms. The zero-order valence-electron chi connectivity index (χ0n) is 25.4. The summed E-state index contributed by atoms with van der Waals surface area (Å²) in [5.74, 6) is 1.88. The molecule has 0 spiro atoms. The summed E-state index contributed by atoms with van der Waals surface area (Å²) in [5.41, 5.74) is 12.1. The summed E-state index contributed by atoms with van der Waals surface area (Å²) < 4.78 is 6.47. The van der Waals surface area contributed by atoms with Gasteiger partial charge < -0.3 is 4.74 Å². The van der Waals surface area contributed by atoms with Crippen LogP contribution in [0.3, 0.4) is 0 Å². The molecule has 1 heterocycles. The van der Waals surface area contributed by atoms with E-state index < -0.39 is 5.41 Å². The minimum Gasteiger partial charge on any atom is -0.457 e. The molecule has 0 aromatic heterocycles. The molecule has 45 heavy (non-hydrogen) atoms. The Kier molecular flexibility index (Phi) is 5.53. The summed E-state index contributed by atoms with van der Waals surface area (Å²) in [6.45, 7) is 4.62. The van der Waals surface area contributed by atoms with E-state index in [1.807, 2.05) is 6.07 Å². The third-order valence-corrected chi connectivity index (χ3v) is 10.2. The lowest BCUT2D eigenvalue weighted by atomic mass is 9.66. The second-order valence-corrected chi connectivity index (χ2v) is 12.9. The van der Waals surface area contributed by atoms with Crippen LogP contribution in [0.4, 0.5) is 0 Å². The van der Waals surface area contributed by atoms with Gasteiger partial charge in [0.1, 0.15) is 11.5 Å². The fourth-order valence-electron chi connectivity index (χ4n) is 8.26. The second kappa shape index (κ2) is 9.55. The quantitative estimate of drug-likeness (QED) is 0.203. The van der Waals surface area contributed by atoms with Gasteiger partial charge in [-0.15, -0.1) is 0 Å². The van der Waals surface area contributed by atoms with Gasteiger partial charge in [-0.3, -0.25) is 0 Å². The highest BCUT2D eigenvalue weighted by Crippen LogP contribution is 2.58. The largest absolute Gasteiger partial charge is 0.457 e. The molecule has 2 aliphatic rings. The second-order valence-electron chi connectivity index (χ2n) is 12.9. The molecule has 0 bridgehead atoms. The molecule has 1 atom stereocenters. The van der Waals surface area contributed by atoms with Crippen LogP contribution in [0.25, 0.3) is 33.0 Å². The summed E-state index contributed by atoms with van der Waals surface area (Å²) in [6, 6.07) is 57.7. The molecule has 214 valence electrons. The monoisotopic (exact) mass is 576 g/mol. The van der Waals surface area contributed by atoms with E-state index in [0.717, 1.165) is 11.5 Å². The van der Waals surface area contributed by atoms with Crippen LogP contribution in [0.15, 0.2) is 158 Å². The molecule has 0 saturated heterocycles. The highest BCUT2D eigenvalue weighted by atomic mass is 16.5. The number of para-hydroxylation sites is 1. The number of benzene rings is 7. The number of hydrogen-bond donors (Lipinski definition) is 0. The molecule has 7 aromatic carbocycles. The highest BCUT2D eigenvalue weighted by molar-refractivity contribution is 6.00. The maximum atomic E-state index is 6.47. The van der Waals surface area contributed by atoms with E-state index in [-0.39, 0.29) is 5.41 Å². The first kappa shape index (κ1) is 26.0. The van der Waals surface area contributed by atoms with Crippen molar-refractivity contribution in [2.75, 3.05) is 0 Å². The van der Waals surface area contributed by atoms with Gasteiger partial charge in [0.25, 0.3) is 0 Å². The normalized spacial score (nSPS) is 17.1. The van der Waals surface area contributed by atoms with Gasteiger partial charge in [0.15, 0.2) is 0 Å². The Morgan fingerprint density at radius 2 is 1.07 bits per heavy atom. The molecular formula is C44H32O. The van der Waals surface area contributed by atoms with Crippen LogP contribution in [0.2, 0.25) is 0 Å². The Hall–Kier alpha value is -5.40. The van der Waals surface area contributed by atoms with E-state index in [0.29, 0.717) is 0 Å². The summed E-state index contributed by atoms with van der Waals surface area (Å²) >= 11 is 0. The van der Waals surface area contributed by atoms with Gasteiger partial charge in [-0.05, 0) is 67.4 Å². The Balaban J connectivity index is 1.29. The van der Waals surface area contributed by atoms with Gasteiger partial charge in [-0.25, -0.2) is 0 Å². The third-order valence-electron chi connectivity index (χ3n) is 10.2. The lowest BCUT2D eigenvalue weighted by Gasteiger charge is -2.36. The van der Waals surface area contributed by atoms with Crippen molar-refractivity contribution in [2.24, 2.45) is 0 Å². The Labute approximate surface area is 264 Å².